The van der Waals surface area contributed by atoms with Crippen molar-refractivity contribution in [3.63, 3.8) is 0 Å². The molecule has 0 saturated heterocycles. The van der Waals surface area contributed by atoms with Gasteiger partial charge in [-0.3, -0.25) is 10.1 Å². The van der Waals surface area contributed by atoms with Crippen molar-refractivity contribution in [3.8, 4) is 0 Å². The molecule has 0 fully saturated rings. The van der Waals surface area contributed by atoms with E-state index in [4.69, 9.17) is 0 Å². The molecule has 0 unspecified atom stereocenters. The van der Waals surface area contributed by atoms with Crippen LogP contribution in [0.4, 0.5) is 5.13 Å². The number of aromatic nitrogens is 2. The highest BCUT2D eigenvalue weighted by atomic mass is 32.2. The van der Waals surface area contributed by atoms with E-state index >= 15 is 0 Å². The maximum atomic E-state index is 11.9. The van der Waals surface area contributed by atoms with Crippen molar-refractivity contribution in [1.82, 2.24) is 14.9 Å². The Kier molecular flexibility index (Phi) is 4.42. The lowest BCUT2D eigenvalue weighted by Gasteiger charge is -2.00. The Morgan fingerprint density at radius 2 is 1.95 bits per heavy atom. The topological polar surface area (TPSA) is 101 Å². The Balaban J connectivity index is 2.13. The highest BCUT2D eigenvalue weighted by Crippen LogP contribution is 2.20. The van der Waals surface area contributed by atoms with Crippen LogP contribution in [0.25, 0.3) is 0 Å². The second-order valence-corrected chi connectivity index (χ2v) is 6.61. The quantitative estimate of drug-likeness (QED) is 0.805. The monoisotopic (exact) mass is 312 g/mol. The van der Waals surface area contributed by atoms with Crippen molar-refractivity contribution >= 4 is 32.4 Å². The molecule has 20 heavy (non-hydrogen) atoms. The maximum Gasteiger partial charge on any atom is 0.269 e. The van der Waals surface area contributed by atoms with Crippen LogP contribution in [0.5, 0.6) is 0 Å². The SMILES string of the molecule is CCNS(=O)(=O)c1nnc(NC(=O)c2ccccc2)s1. The molecule has 1 heterocycles. The normalized spacial score (nSPS) is 11.2. The molecule has 0 aliphatic carbocycles. The second kappa shape index (κ2) is 6.07. The van der Waals surface area contributed by atoms with Crippen LogP contribution in [-0.4, -0.2) is 31.1 Å². The molecule has 2 N–H and O–H groups in total. The van der Waals surface area contributed by atoms with E-state index in [1.165, 1.54) is 0 Å². The first-order valence-corrected chi connectivity index (χ1v) is 8.02. The predicted octanol–water partition coefficient (Wildman–Crippen LogP) is 1.09. The van der Waals surface area contributed by atoms with Gasteiger partial charge in [-0.25, -0.2) is 13.1 Å². The minimum Gasteiger partial charge on any atom is -0.296 e. The zero-order chi connectivity index (χ0) is 14.6. The van der Waals surface area contributed by atoms with Gasteiger partial charge in [0.15, 0.2) is 0 Å². The minimum absolute atomic E-state index is 0.135. The molecular weight excluding hydrogens is 300 g/mol. The highest BCUT2D eigenvalue weighted by molar-refractivity contribution is 7.91. The van der Waals surface area contributed by atoms with Crippen molar-refractivity contribution in [1.29, 1.82) is 0 Å². The first kappa shape index (κ1) is 14.6. The number of hydrogen-bond acceptors (Lipinski definition) is 6. The Morgan fingerprint density at radius 3 is 2.60 bits per heavy atom. The van der Waals surface area contributed by atoms with E-state index in [9.17, 15) is 13.2 Å². The van der Waals surface area contributed by atoms with Gasteiger partial charge in [0.05, 0.1) is 0 Å². The van der Waals surface area contributed by atoms with Gasteiger partial charge < -0.3 is 0 Å². The zero-order valence-electron chi connectivity index (χ0n) is 10.5. The summed E-state index contributed by atoms with van der Waals surface area (Å²) in [7, 11) is -3.65. The van der Waals surface area contributed by atoms with Gasteiger partial charge in [-0.2, -0.15) is 0 Å². The number of nitrogens with one attached hydrogen (secondary N) is 2. The predicted molar refractivity (Wildman–Crippen MR) is 75.2 cm³/mol. The molecule has 2 rings (SSSR count). The molecule has 106 valence electrons. The van der Waals surface area contributed by atoms with Crippen molar-refractivity contribution < 1.29 is 13.2 Å². The molecule has 9 heteroatoms. The van der Waals surface area contributed by atoms with Crippen molar-refractivity contribution in [2.75, 3.05) is 11.9 Å². The van der Waals surface area contributed by atoms with Crippen LogP contribution in [0.2, 0.25) is 0 Å². The van der Waals surface area contributed by atoms with Gasteiger partial charge in [0.2, 0.25) is 9.47 Å². The number of carbonyl (C=O) groups excluding carboxylic acids is 1. The lowest BCUT2D eigenvalue weighted by Crippen LogP contribution is -2.22. The fourth-order valence-electron chi connectivity index (χ4n) is 1.38. The van der Waals surface area contributed by atoms with Crippen LogP contribution < -0.4 is 10.0 Å². The Hall–Kier alpha value is -1.84. The summed E-state index contributed by atoms with van der Waals surface area (Å²) in [6, 6.07) is 8.55. The van der Waals surface area contributed by atoms with Crippen molar-refractivity contribution in [2.45, 2.75) is 11.3 Å². The van der Waals surface area contributed by atoms with Gasteiger partial charge >= 0.3 is 0 Å². The van der Waals surface area contributed by atoms with Gasteiger partial charge in [0.25, 0.3) is 15.9 Å². The lowest BCUT2D eigenvalue weighted by atomic mass is 10.2. The molecule has 0 atom stereocenters. The Bertz CT molecular complexity index is 697. The molecule has 1 aromatic carbocycles. The van der Waals surface area contributed by atoms with E-state index in [-0.39, 0.29) is 21.9 Å². The van der Waals surface area contributed by atoms with E-state index in [2.05, 4.69) is 20.2 Å². The van der Waals surface area contributed by atoms with E-state index in [0.29, 0.717) is 5.56 Å². The zero-order valence-corrected chi connectivity index (χ0v) is 12.2. The molecule has 0 spiro atoms. The summed E-state index contributed by atoms with van der Waals surface area (Å²) in [5.74, 6) is -0.367. The third-order valence-corrected chi connectivity index (χ3v) is 4.98. The standard InChI is InChI=1S/C11H12N4O3S2/c1-2-12-20(17,18)11-15-14-10(19-11)13-9(16)8-6-4-3-5-7-8/h3-7,12H,2H2,1H3,(H,13,14,16). The average Bonchev–Trinajstić information content (AvgIpc) is 2.89. The average molecular weight is 312 g/mol. The summed E-state index contributed by atoms with van der Waals surface area (Å²) in [6.07, 6.45) is 0. The third-order valence-electron chi connectivity index (χ3n) is 2.23. The number of carbonyl (C=O) groups is 1. The van der Waals surface area contributed by atoms with Crippen LogP contribution in [0.15, 0.2) is 34.7 Å². The van der Waals surface area contributed by atoms with E-state index in [1.54, 1.807) is 37.3 Å². The van der Waals surface area contributed by atoms with Crippen LogP contribution >= 0.6 is 11.3 Å². The van der Waals surface area contributed by atoms with Gasteiger partial charge in [-0.1, -0.05) is 36.5 Å². The summed E-state index contributed by atoms with van der Waals surface area (Å²) in [6.45, 7) is 1.92. The molecule has 0 saturated carbocycles. The summed E-state index contributed by atoms with van der Waals surface area (Å²) in [4.78, 5) is 11.9. The molecule has 0 radical (unpaired) electrons. The fraction of sp³-hybridized carbons (Fsp3) is 0.182. The molecule has 2 aromatic rings. The molecule has 0 aliphatic heterocycles. The maximum absolute atomic E-state index is 11.9. The van der Waals surface area contributed by atoms with E-state index in [0.717, 1.165) is 11.3 Å². The third kappa shape index (κ3) is 3.38. The number of benzene rings is 1. The molecule has 1 aromatic heterocycles. The highest BCUT2D eigenvalue weighted by Gasteiger charge is 2.19. The summed E-state index contributed by atoms with van der Waals surface area (Å²) in [5, 5.41) is 9.85. The van der Waals surface area contributed by atoms with Gasteiger partial charge in [0, 0.05) is 12.1 Å². The van der Waals surface area contributed by atoms with E-state index in [1.807, 2.05) is 0 Å². The second-order valence-electron chi connectivity index (χ2n) is 3.69. The summed E-state index contributed by atoms with van der Waals surface area (Å²) >= 11 is 0.798. The molecule has 0 aliphatic rings. The Labute approximate surface area is 120 Å². The summed E-state index contributed by atoms with van der Waals surface area (Å²) in [5.41, 5.74) is 0.457. The fourth-order valence-corrected chi connectivity index (χ4v) is 3.36. The first-order valence-electron chi connectivity index (χ1n) is 5.72. The summed E-state index contributed by atoms with van der Waals surface area (Å²) < 4.78 is 25.5. The largest absolute Gasteiger partial charge is 0.296 e. The number of anilines is 1. The minimum atomic E-state index is -3.65. The van der Waals surface area contributed by atoms with Crippen molar-refractivity contribution in [2.24, 2.45) is 0 Å². The van der Waals surface area contributed by atoms with Gasteiger partial charge in [0.1, 0.15) is 0 Å². The Morgan fingerprint density at radius 1 is 1.25 bits per heavy atom. The molecule has 1 amide bonds. The van der Waals surface area contributed by atoms with Crippen LogP contribution in [0, 0.1) is 0 Å². The van der Waals surface area contributed by atoms with Crippen LogP contribution in [-0.2, 0) is 10.0 Å². The molecule has 7 nitrogen and oxygen atoms in total. The number of sulfonamides is 1. The van der Waals surface area contributed by atoms with Gasteiger partial charge in [-0.05, 0) is 12.1 Å². The van der Waals surface area contributed by atoms with Gasteiger partial charge in [-0.15, -0.1) is 10.2 Å². The number of amides is 1. The van der Waals surface area contributed by atoms with Crippen LogP contribution in [0.3, 0.4) is 0 Å². The number of hydrogen-bond donors (Lipinski definition) is 2. The smallest absolute Gasteiger partial charge is 0.269 e. The van der Waals surface area contributed by atoms with Crippen LogP contribution in [0.1, 0.15) is 17.3 Å². The van der Waals surface area contributed by atoms with E-state index < -0.39 is 10.0 Å². The lowest BCUT2D eigenvalue weighted by molar-refractivity contribution is 0.102. The molecular formula is C11H12N4O3S2. The first-order chi connectivity index (χ1) is 9.53. The molecule has 0 bridgehead atoms. The number of nitrogens with zero attached hydrogens (tertiary/aromatic N) is 2. The number of rotatable bonds is 5. The van der Waals surface area contributed by atoms with Crippen molar-refractivity contribution in [3.05, 3.63) is 35.9 Å².